The van der Waals surface area contributed by atoms with Crippen molar-refractivity contribution in [1.82, 2.24) is 35.3 Å². The minimum atomic E-state index is -1.39. The number of fused-ring (bicyclic) bond motifs is 1. The lowest BCUT2D eigenvalue weighted by Crippen LogP contribution is -2.56. The summed E-state index contributed by atoms with van der Waals surface area (Å²) >= 11 is 1.45. The Labute approximate surface area is 272 Å². The highest BCUT2D eigenvalue weighted by atomic mass is 32.1. The molecular formula is C32H43N7O6S. The number of aromatic nitrogens is 4. The predicted molar refractivity (Wildman–Crippen MR) is 171 cm³/mol. The number of amides is 3. The van der Waals surface area contributed by atoms with E-state index in [4.69, 9.17) is 19.4 Å². The number of carbonyl (C=O) groups excluding carboxylic acids is 3. The van der Waals surface area contributed by atoms with E-state index in [0.717, 1.165) is 53.7 Å². The van der Waals surface area contributed by atoms with E-state index in [2.05, 4.69) is 15.7 Å². The smallest absolute Gasteiger partial charge is 0.411 e. The van der Waals surface area contributed by atoms with Crippen LogP contribution in [0.2, 0.25) is 0 Å². The van der Waals surface area contributed by atoms with Gasteiger partial charge in [0, 0.05) is 19.5 Å². The third-order valence-electron chi connectivity index (χ3n) is 8.69. The molecule has 13 nitrogen and oxygen atoms in total. The molecule has 6 rings (SSSR count). The van der Waals surface area contributed by atoms with Crippen molar-refractivity contribution in [3.63, 3.8) is 0 Å². The molecule has 2 aliphatic carbocycles. The number of aryl methyl sites for hydroxylation is 2. The van der Waals surface area contributed by atoms with Gasteiger partial charge in [-0.3, -0.25) is 19.2 Å². The number of carbonyl (C=O) groups is 3. The highest BCUT2D eigenvalue weighted by molar-refractivity contribution is 7.17. The number of aliphatic hydroxyl groups is 1. The van der Waals surface area contributed by atoms with Gasteiger partial charge in [-0.05, 0) is 70.4 Å². The zero-order valence-corrected chi connectivity index (χ0v) is 27.8. The van der Waals surface area contributed by atoms with Crippen LogP contribution in [0.15, 0.2) is 17.5 Å². The molecule has 0 aromatic carbocycles. The monoisotopic (exact) mass is 653 g/mol. The van der Waals surface area contributed by atoms with Crippen LogP contribution >= 0.6 is 11.3 Å². The van der Waals surface area contributed by atoms with Crippen LogP contribution in [0, 0.1) is 12.8 Å². The number of hydrogen-bond donors (Lipinski definition) is 3. The summed E-state index contributed by atoms with van der Waals surface area (Å²) in [7, 11) is 1.83. The van der Waals surface area contributed by atoms with Gasteiger partial charge >= 0.3 is 6.09 Å². The molecule has 3 amide bonds. The van der Waals surface area contributed by atoms with Crippen molar-refractivity contribution in [2.45, 2.75) is 109 Å². The van der Waals surface area contributed by atoms with Crippen LogP contribution in [0.3, 0.4) is 0 Å². The van der Waals surface area contributed by atoms with Crippen LogP contribution in [0.25, 0.3) is 21.7 Å². The van der Waals surface area contributed by atoms with Crippen LogP contribution in [-0.4, -0.2) is 90.1 Å². The van der Waals surface area contributed by atoms with E-state index in [0.29, 0.717) is 24.0 Å². The van der Waals surface area contributed by atoms with Crippen molar-refractivity contribution in [1.29, 1.82) is 0 Å². The fourth-order valence-electron chi connectivity index (χ4n) is 5.99. The number of rotatable bonds is 10. The number of likely N-dealkylation sites (tertiary alicyclic amines) is 1. The Bertz CT molecular complexity index is 1610. The standard InChI is InChI=1S/C32H43N7O6S/c1-17-13-23(38(5)37-17)27-34-21-11-12-46-26(21)30(36-27)44-20-15-24(39(16-20)31(43)45-32(2,3)4)28(41)35-22(14-18-7-6-8-18)25(40)29(42)33-19-9-10-19/h11-13,18-20,22,24-25,40H,6-10,14-16H2,1-5H3,(H,33,42)(H,35,41)/t20-,22+,24+,25?/m1/s1. The van der Waals surface area contributed by atoms with Crippen LogP contribution in [0.4, 0.5) is 4.79 Å². The summed E-state index contributed by atoms with van der Waals surface area (Å²) in [4.78, 5) is 51.0. The lowest BCUT2D eigenvalue weighted by molar-refractivity contribution is -0.134. The van der Waals surface area contributed by atoms with Gasteiger partial charge in [-0.2, -0.15) is 10.1 Å². The van der Waals surface area contributed by atoms with Crippen molar-refractivity contribution in [3.8, 4) is 17.4 Å². The first-order valence-corrected chi connectivity index (χ1v) is 16.9. The summed E-state index contributed by atoms with van der Waals surface area (Å²) in [5.74, 6) is 0.191. The summed E-state index contributed by atoms with van der Waals surface area (Å²) in [6.45, 7) is 7.28. The lowest BCUT2D eigenvalue weighted by atomic mass is 9.79. The van der Waals surface area contributed by atoms with Crippen LogP contribution in [0.5, 0.6) is 5.88 Å². The van der Waals surface area contributed by atoms with Gasteiger partial charge < -0.3 is 25.2 Å². The first-order chi connectivity index (χ1) is 21.8. The van der Waals surface area contributed by atoms with Gasteiger partial charge in [-0.15, -0.1) is 11.3 Å². The van der Waals surface area contributed by atoms with E-state index in [-0.39, 0.29) is 19.0 Å². The molecule has 14 heteroatoms. The molecule has 2 saturated carbocycles. The van der Waals surface area contributed by atoms with E-state index in [1.54, 1.807) is 25.5 Å². The molecule has 3 N–H and O–H groups in total. The van der Waals surface area contributed by atoms with Gasteiger partial charge in [0.1, 0.15) is 28.1 Å². The lowest BCUT2D eigenvalue weighted by Gasteiger charge is -2.33. The molecule has 1 saturated heterocycles. The Balaban J connectivity index is 1.24. The maximum absolute atomic E-state index is 13.9. The summed E-state index contributed by atoms with van der Waals surface area (Å²) in [5.41, 5.74) is 1.50. The van der Waals surface area contributed by atoms with Crippen molar-refractivity contribution in [2.24, 2.45) is 13.0 Å². The van der Waals surface area contributed by atoms with Gasteiger partial charge in [0.15, 0.2) is 11.9 Å². The minimum absolute atomic E-state index is 0.0802. The van der Waals surface area contributed by atoms with Crippen LogP contribution in [-0.2, 0) is 21.4 Å². The molecule has 3 fully saturated rings. The zero-order valence-electron chi connectivity index (χ0n) is 27.0. The Hall–Kier alpha value is -3.78. The second-order valence-corrected chi connectivity index (χ2v) is 14.7. The number of nitrogens with zero attached hydrogens (tertiary/aromatic N) is 5. The molecule has 46 heavy (non-hydrogen) atoms. The summed E-state index contributed by atoms with van der Waals surface area (Å²) in [6, 6.07) is 2.15. The number of hydrogen-bond acceptors (Lipinski definition) is 10. The quantitative estimate of drug-likeness (QED) is 0.298. The van der Waals surface area contributed by atoms with Gasteiger partial charge in [-0.1, -0.05) is 19.3 Å². The number of aliphatic hydroxyl groups excluding tert-OH is 1. The molecule has 1 unspecified atom stereocenters. The first kappa shape index (κ1) is 32.2. The van der Waals surface area contributed by atoms with E-state index in [9.17, 15) is 19.5 Å². The molecule has 3 aromatic heterocycles. The first-order valence-electron chi connectivity index (χ1n) is 16.1. The van der Waals surface area contributed by atoms with Crippen molar-refractivity contribution >= 4 is 39.5 Å². The fourth-order valence-corrected chi connectivity index (χ4v) is 6.75. The molecule has 3 aliphatic rings. The van der Waals surface area contributed by atoms with Crippen molar-refractivity contribution in [3.05, 3.63) is 23.2 Å². The molecule has 3 aromatic rings. The van der Waals surface area contributed by atoms with Gasteiger partial charge in [0.2, 0.25) is 11.8 Å². The largest absolute Gasteiger partial charge is 0.471 e. The Morgan fingerprint density at radius 3 is 2.57 bits per heavy atom. The third kappa shape index (κ3) is 7.27. The van der Waals surface area contributed by atoms with Gasteiger partial charge in [-0.25, -0.2) is 9.78 Å². The number of thiophene rings is 1. The highest BCUT2D eigenvalue weighted by Gasteiger charge is 2.45. The normalized spacial score (nSPS) is 21.5. The minimum Gasteiger partial charge on any atom is -0.471 e. The summed E-state index contributed by atoms with van der Waals surface area (Å²) in [5, 5.41) is 23.2. The van der Waals surface area contributed by atoms with Gasteiger partial charge in [0.05, 0.1) is 23.8 Å². The second-order valence-electron chi connectivity index (χ2n) is 13.8. The number of ether oxygens (including phenoxy) is 2. The molecule has 0 spiro atoms. The number of nitrogens with one attached hydrogen (secondary N) is 2. The van der Waals surface area contributed by atoms with Gasteiger partial charge in [0.25, 0.3) is 5.91 Å². The SMILES string of the molecule is Cc1cc(-c2nc(O[C@@H]3C[C@@H](C(=O)N[C@@H](CC4CCC4)C(O)C(=O)NC4CC4)N(C(=O)OC(C)(C)C)C3)c3sccc3n2)n(C)n1. The van der Waals surface area contributed by atoms with E-state index in [1.165, 1.54) is 16.2 Å². The summed E-state index contributed by atoms with van der Waals surface area (Å²) < 4.78 is 14.6. The van der Waals surface area contributed by atoms with Crippen LogP contribution in [0.1, 0.15) is 71.4 Å². The maximum atomic E-state index is 13.9. The van der Waals surface area contributed by atoms with E-state index in [1.807, 2.05) is 31.5 Å². The average molecular weight is 654 g/mol. The Morgan fingerprint density at radius 1 is 1.17 bits per heavy atom. The van der Waals surface area contributed by atoms with E-state index < -0.39 is 47.8 Å². The molecule has 4 heterocycles. The Kier molecular flexibility index (Phi) is 8.94. The molecular weight excluding hydrogens is 610 g/mol. The van der Waals surface area contributed by atoms with Crippen molar-refractivity contribution in [2.75, 3.05) is 6.54 Å². The van der Waals surface area contributed by atoms with Crippen LogP contribution < -0.4 is 15.4 Å². The fraction of sp³-hybridized carbons (Fsp3) is 0.625. The third-order valence-corrected chi connectivity index (χ3v) is 9.58. The van der Waals surface area contributed by atoms with Crippen molar-refractivity contribution < 1.29 is 29.0 Å². The van der Waals surface area contributed by atoms with E-state index >= 15 is 0 Å². The zero-order chi connectivity index (χ0) is 32.7. The average Bonchev–Trinajstić information content (AvgIpc) is 3.32. The summed E-state index contributed by atoms with van der Waals surface area (Å²) in [6.07, 6.45) is 2.88. The molecule has 1 aliphatic heterocycles. The highest BCUT2D eigenvalue weighted by Crippen LogP contribution is 2.35. The maximum Gasteiger partial charge on any atom is 0.411 e. The Morgan fingerprint density at radius 2 is 1.93 bits per heavy atom. The predicted octanol–water partition coefficient (Wildman–Crippen LogP) is 3.47. The molecule has 4 atom stereocenters. The molecule has 248 valence electrons. The topological polar surface area (TPSA) is 161 Å². The molecule has 0 radical (unpaired) electrons. The molecule has 0 bridgehead atoms. The second kappa shape index (κ2) is 12.8.